The molecule has 4 heteroatoms. The molecular weight excluding hydrogens is 212 g/mol. The maximum Gasteiger partial charge on any atom is 0.0740 e. The van der Waals surface area contributed by atoms with Crippen LogP contribution in [0.5, 0.6) is 0 Å². The van der Waals surface area contributed by atoms with Crippen molar-refractivity contribution in [3.63, 3.8) is 0 Å². The Bertz CT molecular complexity index is 532. The molecule has 1 heterocycles. The summed E-state index contributed by atoms with van der Waals surface area (Å²) in [4.78, 5) is 6.54. The third-order valence-corrected chi connectivity index (χ3v) is 3.05. The van der Waals surface area contributed by atoms with Crippen molar-refractivity contribution in [1.29, 1.82) is 0 Å². The second-order valence-electron chi connectivity index (χ2n) is 4.00. The lowest BCUT2D eigenvalue weighted by Gasteiger charge is -2.21. The molecule has 0 bridgehead atoms. The zero-order chi connectivity index (χ0) is 12.4. The third-order valence-electron chi connectivity index (χ3n) is 3.05. The summed E-state index contributed by atoms with van der Waals surface area (Å²) in [5.41, 5.74) is 15.0. The van der Waals surface area contributed by atoms with Gasteiger partial charge >= 0.3 is 0 Å². The molecule has 0 aliphatic heterocycles. The lowest BCUT2D eigenvalue weighted by Crippen LogP contribution is -2.21. The van der Waals surface area contributed by atoms with E-state index in [9.17, 15) is 0 Å². The Hall–Kier alpha value is -1.97. The Balaban J connectivity index is 2.59. The van der Waals surface area contributed by atoms with Crippen LogP contribution in [0, 0.1) is 0 Å². The summed E-state index contributed by atoms with van der Waals surface area (Å²) < 4.78 is 0. The summed E-state index contributed by atoms with van der Waals surface area (Å²) in [6.45, 7) is 6.21. The highest BCUT2D eigenvalue weighted by Gasteiger charge is 2.07. The highest BCUT2D eigenvalue weighted by atomic mass is 15.1. The van der Waals surface area contributed by atoms with E-state index in [0.29, 0.717) is 11.4 Å². The molecule has 0 spiro atoms. The van der Waals surface area contributed by atoms with Crippen molar-refractivity contribution in [1.82, 2.24) is 4.98 Å². The second-order valence-corrected chi connectivity index (χ2v) is 4.00. The highest BCUT2D eigenvalue weighted by molar-refractivity contribution is 5.97. The number of nitrogen functional groups attached to an aromatic ring is 2. The fraction of sp³-hybridized carbons (Fsp3) is 0.308. The Labute approximate surface area is 101 Å². The number of hydrogen-bond acceptors (Lipinski definition) is 4. The van der Waals surface area contributed by atoms with E-state index in [0.717, 1.165) is 29.7 Å². The number of fused-ring (bicyclic) bond motifs is 1. The van der Waals surface area contributed by atoms with Crippen LogP contribution in [0.1, 0.15) is 13.8 Å². The van der Waals surface area contributed by atoms with Crippen LogP contribution >= 0.6 is 0 Å². The fourth-order valence-corrected chi connectivity index (χ4v) is 2.00. The fourth-order valence-electron chi connectivity index (χ4n) is 2.00. The van der Waals surface area contributed by atoms with Gasteiger partial charge < -0.3 is 16.4 Å². The van der Waals surface area contributed by atoms with Crippen LogP contribution in [0.3, 0.4) is 0 Å². The standard InChI is InChI=1S/C13H18N4/c1-3-17(4-2)9-5-6-12-10(7-9)13(15)11(14)8-16-12/h5-8H,3-4,14H2,1-2H3,(H2,15,16). The van der Waals surface area contributed by atoms with Crippen molar-refractivity contribution in [2.45, 2.75) is 13.8 Å². The molecule has 0 aliphatic rings. The molecule has 90 valence electrons. The van der Waals surface area contributed by atoms with E-state index in [4.69, 9.17) is 11.5 Å². The predicted octanol–water partition coefficient (Wildman–Crippen LogP) is 2.25. The van der Waals surface area contributed by atoms with E-state index < -0.39 is 0 Å². The number of nitrogens with zero attached hydrogens (tertiary/aromatic N) is 2. The summed E-state index contributed by atoms with van der Waals surface area (Å²) >= 11 is 0. The van der Waals surface area contributed by atoms with E-state index in [-0.39, 0.29) is 0 Å². The molecule has 0 saturated carbocycles. The van der Waals surface area contributed by atoms with Crippen LogP contribution < -0.4 is 16.4 Å². The highest BCUT2D eigenvalue weighted by Crippen LogP contribution is 2.28. The average molecular weight is 230 g/mol. The first-order valence-corrected chi connectivity index (χ1v) is 5.86. The number of aromatic nitrogens is 1. The van der Waals surface area contributed by atoms with Crippen LogP contribution in [0.2, 0.25) is 0 Å². The molecule has 0 saturated heterocycles. The average Bonchev–Trinajstić information content (AvgIpc) is 2.36. The van der Waals surface area contributed by atoms with Gasteiger partial charge in [-0.2, -0.15) is 0 Å². The van der Waals surface area contributed by atoms with E-state index in [1.54, 1.807) is 6.20 Å². The Morgan fingerprint density at radius 1 is 1.18 bits per heavy atom. The van der Waals surface area contributed by atoms with Crippen molar-refractivity contribution in [2.24, 2.45) is 0 Å². The van der Waals surface area contributed by atoms with Gasteiger partial charge in [0.25, 0.3) is 0 Å². The molecule has 1 aromatic heterocycles. The van der Waals surface area contributed by atoms with Crippen LogP contribution in [0.25, 0.3) is 10.9 Å². The molecule has 17 heavy (non-hydrogen) atoms. The van der Waals surface area contributed by atoms with E-state index in [1.165, 1.54) is 0 Å². The minimum Gasteiger partial charge on any atom is -0.396 e. The molecule has 2 rings (SSSR count). The molecule has 0 radical (unpaired) electrons. The van der Waals surface area contributed by atoms with Crippen molar-refractivity contribution < 1.29 is 0 Å². The minimum atomic E-state index is 0.536. The first kappa shape index (κ1) is 11.5. The summed E-state index contributed by atoms with van der Waals surface area (Å²) in [6.07, 6.45) is 1.61. The largest absolute Gasteiger partial charge is 0.396 e. The molecule has 4 N–H and O–H groups in total. The van der Waals surface area contributed by atoms with Gasteiger partial charge in [-0.15, -0.1) is 0 Å². The molecule has 4 nitrogen and oxygen atoms in total. The van der Waals surface area contributed by atoms with Gasteiger partial charge in [-0.25, -0.2) is 0 Å². The normalized spacial score (nSPS) is 10.7. The molecule has 0 unspecified atom stereocenters. The number of rotatable bonds is 3. The van der Waals surface area contributed by atoms with E-state index >= 15 is 0 Å². The first-order chi connectivity index (χ1) is 8.17. The quantitative estimate of drug-likeness (QED) is 0.848. The second kappa shape index (κ2) is 4.49. The van der Waals surface area contributed by atoms with Crippen molar-refractivity contribution in [2.75, 3.05) is 29.5 Å². The smallest absolute Gasteiger partial charge is 0.0740 e. The van der Waals surface area contributed by atoms with Crippen LogP contribution in [0.4, 0.5) is 17.1 Å². The molecular formula is C13H18N4. The van der Waals surface area contributed by atoms with Gasteiger partial charge in [0.05, 0.1) is 23.1 Å². The number of anilines is 3. The van der Waals surface area contributed by atoms with Gasteiger partial charge in [0, 0.05) is 24.2 Å². The third kappa shape index (κ3) is 1.98. The SMILES string of the molecule is CCN(CC)c1ccc2ncc(N)c(N)c2c1. The molecule has 0 atom stereocenters. The topological polar surface area (TPSA) is 68.2 Å². The number of pyridine rings is 1. The maximum atomic E-state index is 5.99. The maximum absolute atomic E-state index is 5.99. The van der Waals surface area contributed by atoms with Crippen molar-refractivity contribution in [3.8, 4) is 0 Å². The molecule has 2 aromatic rings. The minimum absolute atomic E-state index is 0.536. The predicted molar refractivity (Wildman–Crippen MR) is 74.1 cm³/mol. The van der Waals surface area contributed by atoms with Gasteiger partial charge in [0.15, 0.2) is 0 Å². The summed E-state index contributed by atoms with van der Waals surface area (Å²) in [5, 5.41) is 0.925. The number of hydrogen-bond donors (Lipinski definition) is 2. The lowest BCUT2D eigenvalue weighted by atomic mass is 10.1. The Morgan fingerprint density at radius 3 is 2.53 bits per heavy atom. The summed E-state index contributed by atoms with van der Waals surface area (Å²) in [5.74, 6) is 0. The molecule has 0 fully saturated rings. The monoisotopic (exact) mass is 230 g/mol. The zero-order valence-electron chi connectivity index (χ0n) is 10.3. The Kier molecular flexibility index (Phi) is 3.04. The molecule has 1 aromatic carbocycles. The van der Waals surface area contributed by atoms with Gasteiger partial charge in [0.2, 0.25) is 0 Å². The van der Waals surface area contributed by atoms with Gasteiger partial charge in [0.1, 0.15) is 0 Å². The zero-order valence-corrected chi connectivity index (χ0v) is 10.3. The first-order valence-electron chi connectivity index (χ1n) is 5.86. The van der Waals surface area contributed by atoms with E-state index in [1.807, 2.05) is 6.07 Å². The number of nitrogens with two attached hydrogens (primary N) is 2. The van der Waals surface area contributed by atoms with E-state index in [2.05, 4.69) is 35.9 Å². The number of benzene rings is 1. The lowest BCUT2D eigenvalue weighted by molar-refractivity contribution is 0.867. The molecule has 0 amide bonds. The van der Waals surface area contributed by atoms with Gasteiger partial charge in [-0.1, -0.05) is 0 Å². The summed E-state index contributed by atoms with van der Waals surface area (Å²) in [7, 11) is 0. The Morgan fingerprint density at radius 2 is 1.88 bits per heavy atom. The van der Waals surface area contributed by atoms with Crippen molar-refractivity contribution in [3.05, 3.63) is 24.4 Å². The van der Waals surface area contributed by atoms with Crippen LogP contribution in [0.15, 0.2) is 24.4 Å². The van der Waals surface area contributed by atoms with Gasteiger partial charge in [-0.05, 0) is 32.0 Å². The molecule has 0 aliphatic carbocycles. The summed E-state index contributed by atoms with van der Waals surface area (Å²) in [6, 6.07) is 6.11. The van der Waals surface area contributed by atoms with Crippen molar-refractivity contribution >= 4 is 28.0 Å². The van der Waals surface area contributed by atoms with Crippen LogP contribution in [-0.4, -0.2) is 18.1 Å². The van der Waals surface area contributed by atoms with Crippen LogP contribution in [-0.2, 0) is 0 Å². The van der Waals surface area contributed by atoms with Gasteiger partial charge in [-0.3, -0.25) is 4.98 Å².